The highest BCUT2D eigenvalue weighted by Crippen LogP contribution is 2.28. The van der Waals surface area contributed by atoms with Crippen LogP contribution in [0.5, 0.6) is 0 Å². The van der Waals surface area contributed by atoms with E-state index in [4.69, 9.17) is 4.98 Å². The SMILES string of the molecule is CCc1cc(N2CC(=O)N(C)C2=O)c2nc([C@@H](C)N[S@](=O)C(C)(C)C)cn2c1. The monoisotopic (exact) mass is 405 g/mol. The number of pyridine rings is 1. The van der Waals surface area contributed by atoms with E-state index in [9.17, 15) is 13.8 Å². The summed E-state index contributed by atoms with van der Waals surface area (Å²) in [5.41, 5.74) is 2.95. The number of hydrogen-bond acceptors (Lipinski definition) is 4. The number of amides is 3. The standard InChI is InChI=1S/C19H27N5O3S/c1-7-13-8-15(24-11-16(25)22(6)18(24)26)17-20-14(10-23(17)9-13)12(2)21-28(27)19(3,4)5/h8-10,12,21H,7,11H2,1-6H3/t12-,28-/m1/s1. The molecule has 3 heterocycles. The van der Waals surface area contributed by atoms with Crippen molar-refractivity contribution in [1.29, 1.82) is 0 Å². The quantitative estimate of drug-likeness (QED) is 0.774. The number of aromatic nitrogens is 2. The Labute approximate surface area is 167 Å². The normalized spacial score (nSPS) is 17.6. The molecule has 3 amide bonds. The van der Waals surface area contributed by atoms with Crippen LogP contribution in [0.25, 0.3) is 5.65 Å². The summed E-state index contributed by atoms with van der Waals surface area (Å²) in [6.07, 6.45) is 4.63. The Morgan fingerprint density at radius 2 is 1.96 bits per heavy atom. The maximum absolute atomic E-state index is 12.5. The van der Waals surface area contributed by atoms with Crippen LogP contribution in [0.4, 0.5) is 10.5 Å². The number of carbonyl (C=O) groups excluding carboxylic acids is 2. The first-order chi connectivity index (χ1) is 13.0. The summed E-state index contributed by atoms with van der Waals surface area (Å²) in [4.78, 5) is 31.7. The minimum atomic E-state index is -1.23. The lowest BCUT2D eigenvalue weighted by molar-refractivity contribution is -0.123. The average Bonchev–Trinajstić information content (AvgIpc) is 3.16. The van der Waals surface area contributed by atoms with Crippen LogP contribution >= 0.6 is 0 Å². The molecule has 152 valence electrons. The van der Waals surface area contributed by atoms with Crippen LogP contribution in [0.15, 0.2) is 18.5 Å². The van der Waals surface area contributed by atoms with E-state index in [1.165, 1.54) is 11.9 Å². The summed E-state index contributed by atoms with van der Waals surface area (Å²) < 4.78 is 17.0. The van der Waals surface area contributed by atoms with Gasteiger partial charge in [0.2, 0.25) is 5.91 Å². The molecule has 0 saturated carbocycles. The van der Waals surface area contributed by atoms with E-state index in [0.717, 1.165) is 22.6 Å². The highest BCUT2D eigenvalue weighted by atomic mass is 32.2. The smallest absolute Gasteiger partial charge is 0.305 e. The van der Waals surface area contributed by atoms with Gasteiger partial charge in [0.1, 0.15) is 6.54 Å². The molecular weight excluding hydrogens is 378 g/mol. The first-order valence-corrected chi connectivity index (χ1v) is 10.5. The van der Waals surface area contributed by atoms with E-state index in [0.29, 0.717) is 11.3 Å². The van der Waals surface area contributed by atoms with E-state index >= 15 is 0 Å². The highest BCUT2D eigenvalue weighted by molar-refractivity contribution is 7.84. The Hall–Kier alpha value is -2.26. The Balaban J connectivity index is 2.03. The molecule has 1 fully saturated rings. The number of imidazole rings is 1. The predicted octanol–water partition coefficient (Wildman–Crippen LogP) is 2.41. The Bertz CT molecular complexity index is 962. The summed E-state index contributed by atoms with van der Waals surface area (Å²) in [5.74, 6) is -0.243. The van der Waals surface area contributed by atoms with Crippen molar-refractivity contribution in [2.24, 2.45) is 0 Å². The van der Waals surface area contributed by atoms with Gasteiger partial charge < -0.3 is 4.40 Å². The van der Waals surface area contributed by atoms with Gasteiger partial charge in [0.15, 0.2) is 5.65 Å². The summed E-state index contributed by atoms with van der Waals surface area (Å²) in [7, 11) is 0.249. The number of likely N-dealkylation sites (N-methyl/N-ethyl adjacent to an activating group) is 1. The van der Waals surface area contributed by atoms with Crippen molar-refractivity contribution in [3.05, 3.63) is 29.7 Å². The Morgan fingerprint density at radius 1 is 1.29 bits per heavy atom. The molecule has 28 heavy (non-hydrogen) atoms. The lowest BCUT2D eigenvalue weighted by atomic mass is 10.2. The molecule has 0 aromatic carbocycles. The lowest BCUT2D eigenvalue weighted by Gasteiger charge is -2.20. The number of nitrogens with zero attached hydrogens (tertiary/aromatic N) is 4. The molecule has 0 aliphatic carbocycles. The number of hydrogen-bond donors (Lipinski definition) is 1. The molecule has 2 aromatic heterocycles. The van der Waals surface area contributed by atoms with Crippen molar-refractivity contribution in [2.45, 2.75) is 51.8 Å². The van der Waals surface area contributed by atoms with Gasteiger partial charge in [-0.1, -0.05) is 6.92 Å². The number of nitrogens with one attached hydrogen (secondary N) is 1. The molecule has 0 radical (unpaired) electrons. The Kier molecular flexibility index (Phi) is 5.33. The van der Waals surface area contributed by atoms with E-state index in [1.807, 2.05) is 57.5 Å². The fourth-order valence-electron chi connectivity index (χ4n) is 2.94. The Morgan fingerprint density at radius 3 is 2.50 bits per heavy atom. The van der Waals surface area contributed by atoms with E-state index in [-0.39, 0.29) is 29.3 Å². The van der Waals surface area contributed by atoms with Crippen LogP contribution in [-0.4, -0.2) is 48.8 Å². The molecule has 1 aliphatic rings. The molecule has 9 heteroatoms. The fraction of sp³-hybridized carbons (Fsp3) is 0.526. The molecule has 2 aromatic rings. The number of aryl methyl sites for hydroxylation is 1. The number of anilines is 1. The summed E-state index contributed by atoms with van der Waals surface area (Å²) in [5, 5.41) is 0. The average molecular weight is 406 g/mol. The highest BCUT2D eigenvalue weighted by Gasteiger charge is 2.35. The maximum atomic E-state index is 12.5. The van der Waals surface area contributed by atoms with Crippen molar-refractivity contribution >= 4 is 34.3 Å². The predicted molar refractivity (Wildman–Crippen MR) is 110 cm³/mol. The largest absolute Gasteiger partial charge is 0.331 e. The van der Waals surface area contributed by atoms with E-state index in [1.54, 1.807) is 0 Å². The number of carbonyl (C=O) groups is 2. The van der Waals surface area contributed by atoms with Crippen LogP contribution < -0.4 is 9.62 Å². The molecule has 1 saturated heterocycles. The number of fused-ring (bicyclic) bond motifs is 1. The van der Waals surface area contributed by atoms with Gasteiger partial charge >= 0.3 is 6.03 Å². The van der Waals surface area contributed by atoms with Gasteiger partial charge in [-0.25, -0.2) is 18.7 Å². The van der Waals surface area contributed by atoms with Gasteiger partial charge in [-0.3, -0.25) is 14.6 Å². The van der Waals surface area contributed by atoms with Crippen molar-refractivity contribution < 1.29 is 13.8 Å². The third-order valence-electron chi connectivity index (χ3n) is 4.78. The van der Waals surface area contributed by atoms with Crippen molar-refractivity contribution in [3.8, 4) is 0 Å². The van der Waals surface area contributed by atoms with Crippen LogP contribution in [0.2, 0.25) is 0 Å². The second kappa shape index (κ2) is 7.29. The number of rotatable bonds is 5. The first-order valence-electron chi connectivity index (χ1n) is 9.30. The molecular formula is C19H27N5O3S. The number of urea groups is 1. The molecule has 0 unspecified atom stereocenters. The van der Waals surface area contributed by atoms with Gasteiger partial charge in [0.05, 0.1) is 33.2 Å². The van der Waals surface area contributed by atoms with Crippen LogP contribution in [0, 0.1) is 0 Å². The van der Waals surface area contributed by atoms with Gasteiger partial charge in [-0.05, 0) is 45.7 Å². The fourth-order valence-corrected chi connectivity index (χ4v) is 3.74. The second-order valence-electron chi connectivity index (χ2n) is 8.03. The third-order valence-corrected chi connectivity index (χ3v) is 6.46. The summed E-state index contributed by atoms with van der Waals surface area (Å²) in [6.45, 7) is 9.66. The van der Waals surface area contributed by atoms with Crippen LogP contribution in [0.1, 0.15) is 51.9 Å². The molecule has 0 bridgehead atoms. The van der Waals surface area contributed by atoms with Crippen molar-refractivity contribution in [3.63, 3.8) is 0 Å². The van der Waals surface area contributed by atoms with Crippen LogP contribution in [-0.2, 0) is 22.2 Å². The zero-order valence-corrected chi connectivity index (χ0v) is 18.0. The van der Waals surface area contributed by atoms with Crippen LogP contribution in [0.3, 0.4) is 0 Å². The molecule has 1 aliphatic heterocycles. The molecule has 8 nitrogen and oxygen atoms in total. The van der Waals surface area contributed by atoms with Gasteiger partial charge in [-0.15, -0.1) is 0 Å². The second-order valence-corrected chi connectivity index (χ2v) is 10.0. The molecule has 3 rings (SSSR count). The summed E-state index contributed by atoms with van der Waals surface area (Å²) >= 11 is 0. The summed E-state index contributed by atoms with van der Waals surface area (Å²) in [6, 6.07) is 1.31. The zero-order chi connectivity index (χ0) is 20.8. The number of imide groups is 1. The minimum Gasteiger partial charge on any atom is -0.305 e. The zero-order valence-electron chi connectivity index (χ0n) is 17.1. The maximum Gasteiger partial charge on any atom is 0.331 e. The van der Waals surface area contributed by atoms with Gasteiger partial charge in [0, 0.05) is 19.4 Å². The molecule has 0 spiro atoms. The van der Waals surface area contributed by atoms with Crippen molar-refractivity contribution in [1.82, 2.24) is 19.0 Å². The van der Waals surface area contributed by atoms with E-state index in [2.05, 4.69) is 4.72 Å². The molecule has 1 N–H and O–H groups in total. The first kappa shape index (κ1) is 20.5. The molecule has 2 atom stereocenters. The van der Waals surface area contributed by atoms with Crippen molar-refractivity contribution in [2.75, 3.05) is 18.5 Å². The van der Waals surface area contributed by atoms with E-state index < -0.39 is 11.0 Å². The van der Waals surface area contributed by atoms with Gasteiger partial charge in [-0.2, -0.15) is 0 Å². The minimum absolute atomic E-state index is 0.00218. The van der Waals surface area contributed by atoms with Gasteiger partial charge in [0.25, 0.3) is 0 Å². The third kappa shape index (κ3) is 3.68. The topological polar surface area (TPSA) is 87.0 Å². The lowest BCUT2D eigenvalue weighted by Crippen LogP contribution is -2.34.